The number of allylic oxidation sites excluding steroid dienone is 9. The van der Waals surface area contributed by atoms with E-state index in [1.165, 1.54) is 89.5 Å². The van der Waals surface area contributed by atoms with Crippen LogP contribution in [0.3, 0.4) is 0 Å². The lowest BCUT2D eigenvalue weighted by Crippen LogP contribution is -2.50. The number of rotatable bonds is 34. The van der Waals surface area contributed by atoms with Gasteiger partial charge in [-0.05, 0) is 70.6 Å². The van der Waals surface area contributed by atoms with Crippen molar-refractivity contribution < 1.29 is 28.0 Å². The van der Waals surface area contributed by atoms with Crippen molar-refractivity contribution in [3.05, 3.63) is 60.8 Å². The van der Waals surface area contributed by atoms with Gasteiger partial charge in [0.15, 0.2) is 0 Å². The summed E-state index contributed by atoms with van der Waals surface area (Å²) in [5.41, 5.74) is 0. The van der Waals surface area contributed by atoms with Crippen LogP contribution >= 0.6 is 0 Å². The summed E-state index contributed by atoms with van der Waals surface area (Å²) in [6.45, 7) is 4.44. The minimum absolute atomic E-state index is 0.263. The van der Waals surface area contributed by atoms with Crippen LogP contribution in [-0.2, 0) is 14.9 Å². The molecule has 1 amide bonds. The topological polar surface area (TPSA) is 124 Å². The summed E-state index contributed by atoms with van der Waals surface area (Å²) < 4.78 is 32.4. The Kier molecular flexibility index (Phi) is 33.0. The van der Waals surface area contributed by atoms with E-state index in [1.54, 1.807) is 6.08 Å². The fourth-order valence-corrected chi connectivity index (χ4v) is 6.21. The van der Waals surface area contributed by atoms with E-state index in [2.05, 4.69) is 67.8 Å². The quantitative estimate of drug-likeness (QED) is 0.0228. The normalized spacial score (nSPS) is 14.6. The maximum Gasteiger partial charge on any atom is 0.267 e. The van der Waals surface area contributed by atoms with Crippen molar-refractivity contribution in [3.8, 4) is 0 Å². The van der Waals surface area contributed by atoms with Crippen molar-refractivity contribution in [3.63, 3.8) is 0 Å². The van der Waals surface area contributed by atoms with Crippen molar-refractivity contribution in [1.29, 1.82) is 0 Å². The first-order valence-electron chi connectivity index (χ1n) is 19.6. The number of aliphatic hydroxyl groups is 2. The van der Waals surface area contributed by atoms with Crippen LogP contribution in [0, 0.1) is 0 Å². The summed E-state index contributed by atoms with van der Waals surface area (Å²) >= 11 is 0. The molecule has 7 nitrogen and oxygen atoms in total. The number of unbranched alkanes of at least 4 members (excludes halogenated alkanes) is 18. The smallest absolute Gasteiger partial charge is 0.267 e. The van der Waals surface area contributed by atoms with Gasteiger partial charge < -0.3 is 15.5 Å². The average Bonchev–Trinajstić information content (AvgIpc) is 3.06. The number of carbonyl (C=O) groups is 1. The summed E-state index contributed by atoms with van der Waals surface area (Å²) in [4.78, 5) is 12.6. The molecule has 0 fully saturated rings. The molecule has 0 spiro atoms. The minimum atomic E-state index is -4.46. The Morgan fingerprint density at radius 3 is 1.51 bits per heavy atom. The molecule has 0 aliphatic rings. The third kappa shape index (κ3) is 34.2. The van der Waals surface area contributed by atoms with Crippen LogP contribution in [0.15, 0.2) is 60.8 Å². The maximum atomic E-state index is 12.6. The highest BCUT2D eigenvalue weighted by Gasteiger charge is 2.27. The van der Waals surface area contributed by atoms with E-state index in [1.807, 2.05) is 0 Å². The second-order valence-corrected chi connectivity index (χ2v) is 14.9. The second-order valence-electron chi connectivity index (χ2n) is 13.4. The van der Waals surface area contributed by atoms with Gasteiger partial charge in [0, 0.05) is 0 Å². The molecule has 0 heterocycles. The zero-order valence-corrected chi connectivity index (χ0v) is 32.0. The Balaban J connectivity index is 4.14. The van der Waals surface area contributed by atoms with Crippen LogP contribution in [0.5, 0.6) is 0 Å². The number of hydrogen-bond donors (Lipinski definition) is 4. The van der Waals surface area contributed by atoms with Crippen LogP contribution < -0.4 is 5.32 Å². The fourth-order valence-electron chi connectivity index (χ4n) is 5.48. The van der Waals surface area contributed by atoms with Crippen LogP contribution in [0.25, 0.3) is 0 Å². The van der Waals surface area contributed by atoms with Crippen molar-refractivity contribution in [2.24, 2.45) is 0 Å². The van der Waals surface area contributed by atoms with Crippen molar-refractivity contribution in [2.45, 2.75) is 186 Å². The SMILES string of the molecule is CCCCC/C=C\C=C/CCCCCCCCCCCC(O)C(=O)NC(CS(=O)(=O)O)C(O)/C=C/CC/C=C/CC/C=C/CCCCCC. The predicted molar refractivity (Wildman–Crippen MR) is 208 cm³/mol. The third-order valence-electron chi connectivity index (χ3n) is 8.53. The molecule has 0 radical (unpaired) electrons. The molecule has 3 atom stereocenters. The number of hydrogen-bond acceptors (Lipinski definition) is 5. The summed E-state index contributed by atoms with van der Waals surface area (Å²) in [7, 11) is -4.46. The monoisotopic (exact) mass is 708 g/mol. The molecule has 0 saturated heterocycles. The fraction of sp³-hybridized carbons (Fsp3) is 0.732. The van der Waals surface area contributed by atoms with E-state index in [4.69, 9.17) is 0 Å². The van der Waals surface area contributed by atoms with Gasteiger partial charge in [-0.2, -0.15) is 8.42 Å². The molecule has 4 N–H and O–H groups in total. The maximum absolute atomic E-state index is 12.6. The molecule has 0 saturated carbocycles. The summed E-state index contributed by atoms with van der Waals surface area (Å²) in [5.74, 6) is -1.58. The number of aliphatic hydroxyl groups excluding tert-OH is 2. The van der Waals surface area contributed by atoms with Crippen LogP contribution in [0.2, 0.25) is 0 Å². The van der Waals surface area contributed by atoms with E-state index in [0.717, 1.165) is 51.4 Å². The van der Waals surface area contributed by atoms with Crippen molar-refractivity contribution in [1.82, 2.24) is 5.32 Å². The predicted octanol–water partition coefficient (Wildman–Crippen LogP) is 10.3. The highest BCUT2D eigenvalue weighted by atomic mass is 32.2. The highest BCUT2D eigenvalue weighted by Crippen LogP contribution is 2.13. The zero-order valence-electron chi connectivity index (χ0n) is 31.2. The van der Waals surface area contributed by atoms with Crippen LogP contribution in [-0.4, -0.2) is 53.1 Å². The molecular weight excluding hydrogens is 635 g/mol. The molecule has 0 aromatic carbocycles. The van der Waals surface area contributed by atoms with Gasteiger partial charge >= 0.3 is 0 Å². The minimum Gasteiger partial charge on any atom is -0.387 e. The van der Waals surface area contributed by atoms with Gasteiger partial charge in [-0.25, -0.2) is 0 Å². The molecule has 0 rings (SSSR count). The van der Waals surface area contributed by atoms with Gasteiger partial charge in [0.2, 0.25) is 5.91 Å². The largest absolute Gasteiger partial charge is 0.387 e. The van der Waals surface area contributed by atoms with Crippen LogP contribution in [0.4, 0.5) is 0 Å². The van der Waals surface area contributed by atoms with E-state index < -0.39 is 40.0 Å². The molecule has 0 bridgehead atoms. The van der Waals surface area contributed by atoms with E-state index in [0.29, 0.717) is 12.8 Å². The van der Waals surface area contributed by atoms with Crippen LogP contribution in [0.1, 0.15) is 168 Å². The Bertz CT molecular complexity index is 1020. The van der Waals surface area contributed by atoms with Gasteiger partial charge in [-0.3, -0.25) is 9.35 Å². The van der Waals surface area contributed by atoms with E-state index in [9.17, 15) is 28.0 Å². The van der Waals surface area contributed by atoms with Gasteiger partial charge in [0.25, 0.3) is 10.1 Å². The Morgan fingerprint density at radius 2 is 0.980 bits per heavy atom. The third-order valence-corrected chi connectivity index (χ3v) is 9.31. The van der Waals surface area contributed by atoms with Gasteiger partial charge in [-0.1, -0.05) is 158 Å². The average molecular weight is 708 g/mol. The Labute approximate surface area is 301 Å². The molecule has 284 valence electrons. The lowest BCUT2D eigenvalue weighted by atomic mass is 10.0. The van der Waals surface area contributed by atoms with E-state index in [-0.39, 0.29) is 6.42 Å². The number of nitrogens with one attached hydrogen (secondary N) is 1. The molecule has 0 aromatic rings. The molecule has 0 aliphatic carbocycles. The first-order valence-corrected chi connectivity index (χ1v) is 21.2. The molecule has 0 aromatic heterocycles. The first kappa shape index (κ1) is 47.0. The Hall–Kier alpha value is -2.00. The van der Waals surface area contributed by atoms with Gasteiger partial charge in [-0.15, -0.1) is 0 Å². The molecule has 49 heavy (non-hydrogen) atoms. The summed E-state index contributed by atoms with van der Waals surface area (Å²) in [6.07, 6.45) is 44.1. The molecule has 0 aliphatic heterocycles. The van der Waals surface area contributed by atoms with Crippen molar-refractivity contribution >= 4 is 16.0 Å². The first-order chi connectivity index (χ1) is 23.7. The Morgan fingerprint density at radius 1 is 0.571 bits per heavy atom. The highest BCUT2D eigenvalue weighted by molar-refractivity contribution is 7.85. The standard InChI is InChI=1S/C41H73NO6S/c1-3-5-7-9-11-13-15-17-19-20-21-22-24-26-28-30-32-34-36-40(44)41(45)42-38(37-49(46,47)48)39(43)35-33-31-29-27-25-23-18-16-14-12-10-8-6-4-2/h11,13-17,25,27,33,35,38-40,43-44H,3-10,12,18-24,26,28-32,34,36-37H2,1-2H3,(H,42,45)(H,46,47,48)/b13-11-,16-14+,17-15-,27-25+,35-33+. The molecule has 8 heteroatoms. The van der Waals surface area contributed by atoms with Crippen molar-refractivity contribution in [2.75, 3.05) is 5.75 Å². The lowest BCUT2D eigenvalue weighted by Gasteiger charge is -2.22. The zero-order chi connectivity index (χ0) is 36.3. The number of carbonyl (C=O) groups excluding carboxylic acids is 1. The second kappa shape index (κ2) is 34.4. The van der Waals surface area contributed by atoms with E-state index >= 15 is 0 Å². The lowest BCUT2D eigenvalue weighted by molar-refractivity contribution is -0.130. The number of amides is 1. The summed E-state index contributed by atoms with van der Waals surface area (Å²) in [5, 5.41) is 23.3. The molecular formula is C41H73NO6S. The van der Waals surface area contributed by atoms with Gasteiger partial charge in [0.05, 0.1) is 17.9 Å². The summed E-state index contributed by atoms with van der Waals surface area (Å²) in [6, 6.07) is -1.26. The van der Waals surface area contributed by atoms with Gasteiger partial charge in [0.1, 0.15) is 6.10 Å². The molecule has 3 unspecified atom stereocenters.